The van der Waals surface area contributed by atoms with Gasteiger partial charge in [0.15, 0.2) is 5.78 Å². The van der Waals surface area contributed by atoms with Crippen molar-refractivity contribution in [2.75, 3.05) is 0 Å². The van der Waals surface area contributed by atoms with Crippen molar-refractivity contribution in [2.24, 2.45) is 5.73 Å². The van der Waals surface area contributed by atoms with Crippen LogP contribution in [0.25, 0.3) is 11.3 Å². The molecule has 1 fully saturated rings. The van der Waals surface area contributed by atoms with Gasteiger partial charge in [0, 0.05) is 28.7 Å². The average Bonchev–Trinajstić information content (AvgIpc) is 3.03. The summed E-state index contributed by atoms with van der Waals surface area (Å²) in [6.45, 7) is 13.5. The lowest BCUT2D eigenvalue weighted by Gasteiger charge is -2.16. The van der Waals surface area contributed by atoms with Gasteiger partial charge in [0.2, 0.25) is 0 Å². The Labute approximate surface area is 132 Å². The Balaban J connectivity index is 2.42. The van der Waals surface area contributed by atoms with Crippen LogP contribution in [0.3, 0.4) is 0 Å². The van der Waals surface area contributed by atoms with Gasteiger partial charge in [-0.2, -0.15) is 0 Å². The maximum atomic E-state index is 11.5. The summed E-state index contributed by atoms with van der Waals surface area (Å²) in [5.41, 5.74) is 10.2. The Kier molecular flexibility index (Phi) is 4.71. The van der Waals surface area contributed by atoms with Crippen molar-refractivity contribution in [3.63, 3.8) is 0 Å². The molecule has 2 heterocycles. The van der Waals surface area contributed by atoms with Crippen LogP contribution in [0.4, 0.5) is 0 Å². The smallest absolute Gasteiger partial charge is 0.158 e. The summed E-state index contributed by atoms with van der Waals surface area (Å²) >= 11 is 0. The molecule has 0 unspecified atom stereocenters. The van der Waals surface area contributed by atoms with E-state index in [0.717, 1.165) is 35.2 Å². The fraction of sp³-hybridized carbons (Fsp3) is 0.389. The molecule has 0 bridgehead atoms. The van der Waals surface area contributed by atoms with Gasteiger partial charge in [0.1, 0.15) is 12.3 Å². The number of nitrogens with two attached hydrogens (primary N) is 1. The van der Waals surface area contributed by atoms with Gasteiger partial charge >= 0.3 is 0 Å². The van der Waals surface area contributed by atoms with Crippen molar-refractivity contribution in [2.45, 2.75) is 45.9 Å². The standard InChI is InChI=1S/C18H24N2O2/c1-6-7-11(2)15-10-20(13(4)18(15)12(3)19)17-9-8-16(22-17)14(5)21/h6-7,10,16-17H,2-3,8-9,19H2,1,4-5H3/b7-6-/t16-,17+/m0/s1. The van der Waals surface area contributed by atoms with Gasteiger partial charge in [-0.15, -0.1) is 0 Å². The SMILES string of the molecule is C=C(/C=C\C)c1cn([C@H]2CC[C@@H](C(C)=O)O2)c(C)c1C(=C)N. The molecule has 2 N–H and O–H groups in total. The minimum absolute atomic E-state index is 0.0781. The molecule has 0 aromatic carbocycles. The normalized spacial score (nSPS) is 21.4. The largest absolute Gasteiger partial charge is 0.399 e. The van der Waals surface area contributed by atoms with Crippen LogP contribution >= 0.6 is 0 Å². The third-order valence-corrected chi connectivity index (χ3v) is 4.08. The predicted molar refractivity (Wildman–Crippen MR) is 90.1 cm³/mol. The number of aromatic nitrogens is 1. The van der Waals surface area contributed by atoms with Crippen molar-refractivity contribution in [1.29, 1.82) is 0 Å². The molecule has 1 aromatic heterocycles. The lowest BCUT2D eigenvalue weighted by Crippen LogP contribution is -2.18. The van der Waals surface area contributed by atoms with Crippen LogP contribution in [0, 0.1) is 6.92 Å². The van der Waals surface area contributed by atoms with E-state index in [1.165, 1.54) is 0 Å². The lowest BCUT2D eigenvalue weighted by atomic mass is 10.0. The molecule has 0 amide bonds. The van der Waals surface area contributed by atoms with Gasteiger partial charge in [-0.05, 0) is 39.2 Å². The number of Topliss-reactive ketones (excluding diaryl/α,β-unsaturated/α-hetero) is 1. The van der Waals surface area contributed by atoms with E-state index in [-0.39, 0.29) is 18.1 Å². The first kappa shape index (κ1) is 16.3. The quantitative estimate of drug-likeness (QED) is 0.846. The second-order valence-corrected chi connectivity index (χ2v) is 5.73. The molecule has 0 radical (unpaired) electrons. The van der Waals surface area contributed by atoms with E-state index in [0.29, 0.717) is 5.70 Å². The predicted octanol–water partition coefficient (Wildman–Crippen LogP) is 3.58. The lowest BCUT2D eigenvalue weighted by molar-refractivity contribution is -0.129. The molecule has 1 aromatic rings. The Morgan fingerprint density at radius 1 is 1.45 bits per heavy atom. The average molecular weight is 300 g/mol. The van der Waals surface area contributed by atoms with Crippen LogP contribution in [-0.4, -0.2) is 16.5 Å². The number of rotatable bonds is 5. The van der Waals surface area contributed by atoms with E-state index in [9.17, 15) is 4.79 Å². The molecule has 1 saturated heterocycles. The molecule has 0 saturated carbocycles. The highest BCUT2D eigenvalue weighted by molar-refractivity contribution is 5.83. The summed E-state index contributed by atoms with van der Waals surface area (Å²) in [6, 6.07) is 0. The maximum Gasteiger partial charge on any atom is 0.158 e. The molecular weight excluding hydrogens is 276 g/mol. The summed E-state index contributed by atoms with van der Waals surface area (Å²) in [5.74, 6) is 0.0781. The second-order valence-electron chi connectivity index (χ2n) is 5.73. The summed E-state index contributed by atoms with van der Waals surface area (Å²) in [4.78, 5) is 11.5. The summed E-state index contributed by atoms with van der Waals surface area (Å²) < 4.78 is 7.91. The van der Waals surface area contributed by atoms with Crippen molar-refractivity contribution in [3.05, 3.63) is 48.3 Å². The number of carbonyl (C=O) groups excluding carboxylic acids is 1. The number of allylic oxidation sites excluding steroid dienone is 3. The Morgan fingerprint density at radius 3 is 2.64 bits per heavy atom. The van der Waals surface area contributed by atoms with Crippen LogP contribution in [0.5, 0.6) is 0 Å². The Morgan fingerprint density at radius 2 is 2.14 bits per heavy atom. The third-order valence-electron chi connectivity index (χ3n) is 4.08. The van der Waals surface area contributed by atoms with E-state index in [1.54, 1.807) is 6.92 Å². The van der Waals surface area contributed by atoms with E-state index in [2.05, 4.69) is 13.2 Å². The van der Waals surface area contributed by atoms with Crippen molar-refractivity contribution >= 4 is 17.1 Å². The molecule has 118 valence electrons. The topological polar surface area (TPSA) is 57.2 Å². The Hall–Kier alpha value is -2.07. The molecule has 2 atom stereocenters. The fourth-order valence-corrected chi connectivity index (χ4v) is 2.99. The van der Waals surface area contributed by atoms with Gasteiger partial charge in [-0.3, -0.25) is 4.79 Å². The minimum atomic E-state index is -0.307. The van der Waals surface area contributed by atoms with E-state index in [4.69, 9.17) is 10.5 Å². The van der Waals surface area contributed by atoms with Crippen molar-refractivity contribution in [3.8, 4) is 0 Å². The number of hydrogen-bond donors (Lipinski definition) is 1. The van der Waals surface area contributed by atoms with E-state index in [1.807, 2.05) is 36.8 Å². The molecule has 1 aliphatic heterocycles. The zero-order chi connectivity index (χ0) is 16.4. The second kappa shape index (κ2) is 6.36. The number of ketones is 1. The molecule has 4 nitrogen and oxygen atoms in total. The zero-order valence-corrected chi connectivity index (χ0v) is 13.6. The summed E-state index contributed by atoms with van der Waals surface area (Å²) in [6.07, 6.45) is 7.00. The van der Waals surface area contributed by atoms with Crippen LogP contribution in [0.2, 0.25) is 0 Å². The Bertz CT molecular complexity index is 652. The third kappa shape index (κ3) is 2.92. The van der Waals surface area contributed by atoms with Crippen LogP contribution in [0.1, 0.15) is 49.7 Å². The van der Waals surface area contributed by atoms with Gasteiger partial charge in [0.25, 0.3) is 0 Å². The van der Waals surface area contributed by atoms with Crippen molar-refractivity contribution in [1.82, 2.24) is 4.57 Å². The number of nitrogens with zero attached hydrogens (tertiary/aromatic N) is 1. The van der Waals surface area contributed by atoms with Crippen molar-refractivity contribution < 1.29 is 9.53 Å². The first-order valence-corrected chi connectivity index (χ1v) is 7.50. The van der Waals surface area contributed by atoms with Crippen LogP contribution < -0.4 is 5.73 Å². The van der Waals surface area contributed by atoms with Crippen LogP contribution in [-0.2, 0) is 9.53 Å². The first-order valence-electron chi connectivity index (χ1n) is 7.50. The minimum Gasteiger partial charge on any atom is -0.399 e. The number of ether oxygens (including phenoxy) is 1. The molecule has 0 spiro atoms. The molecule has 22 heavy (non-hydrogen) atoms. The zero-order valence-electron chi connectivity index (χ0n) is 13.6. The van der Waals surface area contributed by atoms with E-state index < -0.39 is 0 Å². The molecule has 4 heteroatoms. The number of carbonyl (C=O) groups is 1. The van der Waals surface area contributed by atoms with Gasteiger partial charge in [-0.25, -0.2) is 0 Å². The molecule has 1 aliphatic rings. The number of hydrogen-bond acceptors (Lipinski definition) is 3. The first-order chi connectivity index (χ1) is 10.4. The van der Waals surface area contributed by atoms with Gasteiger partial charge < -0.3 is 15.0 Å². The summed E-state index contributed by atoms with van der Waals surface area (Å²) in [7, 11) is 0. The highest BCUT2D eigenvalue weighted by Crippen LogP contribution is 2.35. The monoisotopic (exact) mass is 300 g/mol. The summed E-state index contributed by atoms with van der Waals surface area (Å²) in [5, 5.41) is 0. The molecular formula is C18H24N2O2. The highest BCUT2D eigenvalue weighted by Gasteiger charge is 2.31. The van der Waals surface area contributed by atoms with Gasteiger partial charge in [0.05, 0.1) is 0 Å². The maximum absolute atomic E-state index is 11.5. The molecule has 2 rings (SSSR count). The molecule has 0 aliphatic carbocycles. The highest BCUT2D eigenvalue weighted by atomic mass is 16.5. The van der Waals surface area contributed by atoms with E-state index >= 15 is 0 Å². The fourth-order valence-electron chi connectivity index (χ4n) is 2.99. The van der Waals surface area contributed by atoms with Gasteiger partial charge in [-0.1, -0.05) is 25.3 Å². The van der Waals surface area contributed by atoms with Crippen LogP contribution in [0.15, 0.2) is 31.5 Å².